The zero-order chi connectivity index (χ0) is 14.7. The largest absolute Gasteiger partial charge is 0.508 e. The second-order valence-electron chi connectivity index (χ2n) is 3.86. The standard InChI is InChI=1S/C8H10O.C7H8O.CH3Cl.2CH4.ClH/c1-2-7-3-5-8(9)6-4-7;1-6-2-4-7(8)5-3-6;1-2;;;/h3-6,9H,2H2,1H3;2-5,8H,1H3;1H3;2*1H4;1H. The summed E-state index contributed by atoms with van der Waals surface area (Å²) >= 11 is 4.64. The van der Waals surface area contributed by atoms with Crippen molar-refractivity contribution in [3.63, 3.8) is 0 Å². The fraction of sp³-hybridized carbons (Fsp3) is 0.333. The van der Waals surface area contributed by atoms with Crippen molar-refractivity contribution in [2.45, 2.75) is 35.1 Å². The molecule has 0 unspecified atom stereocenters. The summed E-state index contributed by atoms with van der Waals surface area (Å²) in [5, 5.41) is 17.6. The number of aryl methyl sites for hydroxylation is 2. The minimum absolute atomic E-state index is 0. The molecule has 0 atom stereocenters. The van der Waals surface area contributed by atoms with Gasteiger partial charge in [0.1, 0.15) is 11.5 Å². The SMILES string of the molecule is C.C.CCc1ccc(O)cc1.CCl.Cc1ccc(O)cc1.Cl. The van der Waals surface area contributed by atoms with Gasteiger partial charge in [0.15, 0.2) is 0 Å². The maximum absolute atomic E-state index is 8.85. The van der Waals surface area contributed by atoms with Gasteiger partial charge >= 0.3 is 0 Å². The van der Waals surface area contributed by atoms with Crippen LogP contribution >= 0.6 is 24.0 Å². The molecule has 0 heterocycles. The van der Waals surface area contributed by atoms with E-state index in [1.165, 1.54) is 17.5 Å². The highest BCUT2D eigenvalue weighted by Crippen LogP contribution is 2.09. The summed E-state index contributed by atoms with van der Waals surface area (Å²) in [5.74, 6) is 0.669. The first-order valence-corrected chi connectivity index (χ1v) is 6.78. The third-order valence-electron chi connectivity index (χ3n) is 2.38. The number of hydrogen-bond donors (Lipinski definition) is 2. The van der Waals surface area contributed by atoms with Crippen LogP contribution in [0.4, 0.5) is 0 Å². The molecule has 128 valence electrons. The van der Waals surface area contributed by atoms with E-state index in [4.69, 9.17) is 10.2 Å². The van der Waals surface area contributed by atoms with Crippen molar-refractivity contribution in [2.24, 2.45) is 0 Å². The molecule has 4 heteroatoms. The van der Waals surface area contributed by atoms with Crippen LogP contribution < -0.4 is 0 Å². The molecule has 0 aliphatic heterocycles. The molecule has 0 fully saturated rings. The molecule has 22 heavy (non-hydrogen) atoms. The van der Waals surface area contributed by atoms with E-state index in [1.54, 1.807) is 24.3 Å². The minimum Gasteiger partial charge on any atom is -0.508 e. The predicted octanol–water partition coefficient (Wildman–Crippen LogP) is 6.20. The number of rotatable bonds is 1. The number of phenolic OH excluding ortho intramolecular Hbond substituents is 2. The van der Waals surface area contributed by atoms with Crippen LogP contribution in [0.5, 0.6) is 11.5 Å². The lowest BCUT2D eigenvalue weighted by molar-refractivity contribution is 0.474. The van der Waals surface area contributed by atoms with Crippen molar-refractivity contribution in [2.75, 3.05) is 6.38 Å². The number of hydrogen-bond acceptors (Lipinski definition) is 2. The molecule has 0 aliphatic rings. The third kappa shape index (κ3) is 13.6. The lowest BCUT2D eigenvalue weighted by Gasteiger charge is -1.93. The Morgan fingerprint density at radius 1 is 0.773 bits per heavy atom. The van der Waals surface area contributed by atoms with Gasteiger partial charge in [-0.25, -0.2) is 0 Å². The van der Waals surface area contributed by atoms with Gasteiger partial charge in [0.25, 0.3) is 0 Å². The fourth-order valence-corrected chi connectivity index (χ4v) is 1.28. The summed E-state index contributed by atoms with van der Waals surface area (Å²) in [6.07, 6.45) is 2.50. The number of halogens is 2. The van der Waals surface area contributed by atoms with E-state index < -0.39 is 0 Å². The molecule has 2 rings (SSSR count). The van der Waals surface area contributed by atoms with Crippen LogP contribution in [0.3, 0.4) is 0 Å². The van der Waals surface area contributed by atoms with Crippen molar-refractivity contribution in [1.29, 1.82) is 0 Å². The van der Waals surface area contributed by atoms with Gasteiger partial charge in [-0.3, -0.25) is 0 Å². The molecule has 0 spiro atoms. The zero-order valence-corrected chi connectivity index (χ0v) is 13.6. The topological polar surface area (TPSA) is 40.5 Å². The molecule has 0 aliphatic carbocycles. The molecule has 0 aromatic heterocycles. The summed E-state index contributed by atoms with van der Waals surface area (Å²) in [7, 11) is 0. The van der Waals surface area contributed by atoms with Gasteiger partial charge in [-0.1, -0.05) is 51.6 Å². The Labute approximate surface area is 147 Å². The predicted molar refractivity (Wildman–Crippen MR) is 103 cm³/mol. The highest BCUT2D eigenvalue weighted by molar-refractivity contribution is 6.15. The molecule has 0 bridgehead atoms. The maximum atomic E-state index is 8.85. The van der Waals surface area contributed by atoms with Gasteiger partial charge < -0.3 is 10.2 Å². The Hall–Kier alpha value is -1.38. The van der Waals surface area contributed by atoms with Gasteiger partial charge in [-0.2, -0.15) is 0 Å². The maximum Gasteiger partial charge on any atom is 0.115 e. The number of alkyl halides is 1. The van der Waals surface area contributed by atoms with E-state index in [1.807, 2.05) is 31.2 Å². The summed E-state index contributed by atoms with van der Waals surface area (Å²) in [6.45, 7) is 4.08. The smallest absolute Gasteiger partial charge is 0.115 e. The molecule has 0 amide bonds. The Morgan fingerprint density at radius 2 is 1.09 bits per heavy atom. The van der Waals surface area contributed by atoms with E-state index in [0.29, 0.717) is 11.5 Å². The Kier molecular flexibility index (Phi) is 23.1. The normalized spacial score (nSPS) is 7.45. The van der Waals surface area contributed by atoms with Crippen LogP contribution in [0.25, 0.3) is 0 Å². The molecular weight excluding hydrogens is 319 g/mol. The van der Waals surface area contributed by atoms with Crippen molar-refractivity contribution in [1.82, 2.24) is 0 Å². The van der Waals surface area contributed by atoms with Crippen LogP contribution in [0, 0.1) is 6.92 Å². The summed E-state index contributed by atoms with van der Waals surface area (Å²) in [6, 6.07) is 14.4. The van der Waals surface area contributed by atoms with E-state index in [-0.39, 0.29) is 27.3 Å². The van der Waals surface area contributed by atoms with Crippen LogP contribution in [0.1, 0.15) is 32.9 Å². The van der Waals surface area contributed by atoms with Gasteiger partial charge in [-0.05, 0) is 43.2 Å². The van der Waals surface area contributed by atoms with Crippen LogP contribution in [-0.2, 0) is 6.42 Å². The van der Waals surface area contributed by atoms with E-state index in [9.17, 15) is 0 Å². The third-order valence-corrected chi connectivity index (χ3v) is 2.38. The molecule has 0 saturated carbocycles. The van der Waals surface area contributed by atoms with E-state index in [0.717, 1.165) is 6.42 Å². The summed E-state index contributed by atoms with van der Waals surface area (Å²) in [5.41, 5.74) is 2.43. The molecule has 2 nitrogen and oxygen atoms in total. The van der Waals surface area contributed by atoms with Crippen LogP contribution in [-0.4, -0.2) is 16.6 Å². The fourth-order valence-electron chi connectivity index (χ4n) is 1.28. The quantitative estimate of drug-likeness (QED) is 0.601. The average Bonchev–Trinajstić information content (AvgIpc) is 2.46. The summed E-state index contributed by atoms with van der Waals surface area (Å²) < 4.78 is 0. The number of phenols is 2. The molecule has 2 aromatic rings. The molecular formula is C18H30Cl2O2. The van der Waals surface area contributed by atoms with Gasteiger partial charge in [0.2, 0.25) is 0 Å². The number of benzene rings is 2. The first-order valence-electron chi connectivity index (χ1n) is 6.03. The highest BCUT2D eigenvalue weighted by Gasteiger charge is 1.86. The molecule has 0 radical (unpaired) electrons. The Bertz CT molecular complexity index is 419. The van der Waals surface area contributed by atoms with Gasteiger partial charge in [0, 0.05) is 6.38 Å². The van der Waals surface area contributed by atoms with Crippen LogP contribution in [0.2, 0.25) is 0 Å². The lowest BCUT2D eigenvalue weighted by Crippen LogP contribution is -1.75. The van der Waals surface area contributed by atoms with Crippen molar-refractivity contribution in [3.05, 3.63) is 59.7 Å². The average molecular weight is 349 g/mol. The van der Waals surface area contributed by atoms with E-state index in [2.05, 4.69) is 18.5 Å². The zero-order valence-electron chi connectivity index (χ0n) is 12.0. The van der Waals surface area contributed by atoms with Gasteiger partial charge in [0.05, 0.1) is 0 Å². The van der Waals surface area contributed by atoms with Gasteiger partial charge in [-0.15, -0.1) is 24.0 Å². The van der Waals surface area contributed by atoms with Crippen molar-refractivity contribution in [3.8, 4) is 11.5 Å². The van der Waals surface area contributed by atoms with E-state index >= 15 is 0 Å². The minimum atomic E-state index is 0. The lowest BCUT2D eigenvalue weighted by atomic mass is 10.2. The highest BCUT2D eigenvalue weighted by atomic mass is 35.5. The molecule has 2 N–H and O–H groups in total. The second kappa shape index (κ2) is 17.7. The van der Waals surface area contributed by atoms with Crippen LogP contribution in [0.15, 0.2) is 48.5 Å². The summed E-state index contributed by atoms with van der Waals surface area (Å²) in [4.78, 5) is 0. The monoisotopic (exact) mass is 348 g/mol. The first-order chi connectivity index (χ1) is 9.11. The number of aromatic hydroxyl groups is 2. The molecule has 2 aromatic carbocycles. The molecule has 0 saturated heterocycles. The van der Waals surface area contributed by atoms with Crippen molar-refractivity contribution < 1.29 is 10.2 Å². The Balaban J connectivity index is -0.000000118. The first kappa shape index (κ1) is 28.7. The Morgan fingerprint density at radius 3 is 1.36 bits per heavy atom. The van der Waals surface area contributed by atoms with Crippen molar-refractivity contribution >= 4 is 24.0 Å². The second-order valence-corrected chi connectivity index (χ2v) is 3.86.